The summed E-state index contributed by atoms with van der Waals surface area (Å²) in [5, 5.41) is 6.86. The summed E-state index contributed by atoms with van der Waals surface area (Å²) in [6.45, 7) is 6.44. The summed E-state index contributed by atoms with van der Waals surface area (Å²) in [5.74, 6) is -0.313. The van der Waals surface area contributed by atoms with Crippen molar-refractivity contribution in [3.63, 3.8) is 0 Å². The minimum atomic E-state index is -0.463. The Morgan fingerprint density at radius 3 is 2.56 bits per heavy atom. The number of hydrogen-bond donors (Lipinski definition) is 2. The van der Waals surface area contributed by atoms with Crippen LogP contribution in [0.4, 0.5) is 8.78 Å². The van der Waals surface area contributed by atoms with Crippen LogP contribution in [0.5, 0.6) is 0 Å². The molecule has 1 aliphatic carbocycles. The predicted molar refractivity (Wildman–Crippen MR) is 103 cm³/mol. The number of nitrogens with one attached hydrogen (secondary N) is 2. The van der Waals surface area contributed by atoms with Crippen molar-refractivity contribution in [2.75, 3.05) is 39.9 Å². The van der Waals surface area contributed by atoms with Crippen molar-refractivity contribution >= 4 is 5.96 Å². The summed E-state index contributed by atoms with van der Waals surface area (Å²) in [7, 11) is 1.73. The molecule has 27 heavy (non-hydrogen) atoms. The van der Waals surface area contributed by atoms with Gasteiger partial charge in [-0.25, -0.2) is 8.78 Å². The molecule has 1 aromatic carbocycles. The fraction of sp³-hybridized carbons (Fsp3) is 0.650. The third kappa shape index (κ3) is 5.39. The number of halogens is 2. The third-order valence-electron chi connectivity index (χ3n) is 5.34. The lowest BCUT2D eigenvalue weighted by atomic mass is 10.1. The van der Waals surface area contributed by atoms with Gasteiger partial charge in [0.25, 0.3) is 0 Å². The minimum absolute atomic E-state index is 0.0241. The number of guanidine groups is 1. The van der Waals surface area contributed by atoms with Gasteiger partial charge in [-0.3, -0.25) is 4.99 Å². The van der Waals surface area contributed by atoms with Crippen LogP contribution in [0.2, 0.25) is 0 Å². The Balaban J connectivity index is 1.50. The summed E-state index contributed by atoms with van der Waals surface area (Å²) in [6.07, 6.45) is 2.81. The maximum atomic E-state index is 14.0. The van der Waals surface area contributed by atoms with E-state index in [1.165, 1.54) is 18.2 Å². The van der Waals surface area contributed by atoms with Crippen molar-refractivity contribution in [1.82, 2.24) is 15.5 Å². The van der Waals surface area contributed by atoms with Gasteiger partial charge in [-0.1, -0.05) is 6.07 Å². The van der Waals surface area contributed by atoms with Gasteiger partial charge in [0.1, 0.15) is 11.6 Å². The fourth-order valence-corrected chi connectivity index (χ4v) is 3.72. The van der Waals surface area contributed by atoms with Crippen molar-refractivity contribution in [1.29, 1.82) is 0 Å². The summed E-state index contributed by atoms with van der Waals surface area (Å²) >= 11 is 0. The van der Waals surface area contributed by atoms with Crippen molar-refractivity contribution in [3.8, 4) is 0 Å². The number of rotatable bonds is 7. The van der Waals surface area contributed by atoms with Crippen LogP contribution in [0.1, 0.15) is 37.7 Å². The van der Waals surface area contributed by atoms with E-state index < -0.39 is 11.6 Å². The largest absolute Gasteiger partial charge is 0.383 e. The average Bonchev–Trinajstić information content (AvgIpc) is 3.40. The molecule has 1 saturated heterocycles. The number of likely N-dealkylation sites (tertiary alicyclic amines) is 1. The molecule has 1 heterocycles. The van der Waals surface area contributed by atoms with Gasteiger partial charge in [0, 0.05) is 56.9 Å². The summed E-state index contributed by atoms with van der Waals surface area (Å²) in [5.41, 5.74) is 0.192. The van der Waals surface area contributed by atoms with Crippen molar-refractivity contribution < 1.29 is 13.5 Å². The lowest BCUT2D eigenvalue weighted by Gasteiger charge is -2.33. The number of ether oxygens (including phenoxy) is 1. The van der Waals surface area contributed by atoms with E-state index in [1.807, 2.05) is 6.92 Å². The minimum Gasteiger partial charge on any atom is -0.383 e. The van der Waals surface area contributed by atoms with Crippen molar-refractivity contribution in [2.24, 2.45) is 4.99 Å². The molecule has 0 amide bonds. The Bertz CT molecular complexity index is 627. The standard InChI is InChI=1S/C20H30F2N4O/c1-3-23-20(24-14-7-9-26(10-8-14)11-12-27-2)25-18-13-15(18)19-16(21)5-4-6-17(19)22/h4-6,14-15,18H,3,7-13H2,1-2H3,(H2,23,24,25). The molecule has 0 aromatic heterocycles. The van der Waals surface area contributed by atoms with E-state index in [0.717, 1.165) is 51.5 Å². The summed E-state index contributed by atoms with van der Waals surface area (Å²) < 4.78 is 33.1. The van der Waals surface area contributed by atoms with Gasteiger partial charge in [0.15, 0.2) is 5.96 Å². The van der Waals surface area contributed by atoms with Gasteiger partial charge < -0.3 is 20.3 Å². The smallest absolute Gasteiger partial charge is 0.191 e. The molecule has 2 unspecified atom stereocenters. The van der Waals surface area contributed by atoms with Crippen LogP contribution in [-0.2, 0) is 4.74 Å². The van der Waals surface area contributed by atoms with Crippen molar-refractivity contribution in [2.45, 2.75) is 44.2 Å². The zero-order valence-electron chi connectivity index (χ0n) is 16.2. The first-order valence-electron chi connectivity index (χ1n) is 9.85. The zero-order valence-corrected chi connectivity index (χ0v) is 16.2. The van der Waals surface area contributed by atoms with E-state index >= 15 is 0 Å². The highest BCUT2D eigenvalue weighted by molar-refractivity contribution is 5.81. The van der Waals surface area contributed by atoms with E-state index in [2.05, 4.69) is 20.5 Å². The molecule has 2 fully saturated rings. The topological polar surface area (TPSA) is 48.9 Å². The second-order valence-corrected chi connectivity index (χ2v) is 7.30. The van der Waals surface area contributed by atoms with Gasteiger partial charge >= 0.3 is 0 Å². The van der Waals surface area contributed by atoms with Gasteiger partial charge in [-0.2, -0.15) is 0 Å². The molecule has 7 heteroatoms. The van der Waals surface area contributed by atoms with Crippen LogP contribution in [0.25, 0.3) is 0 Å². The molecule has 0 radical (unpaired) electrons. The number of methoxy groups -OCH3 is 1. The Morgan fingerprint density at radius 2 is 1.93 bits per heavy atom. The normalized spacial score (nSPS) is 24.1. The fourth-order valence-electron chi connectivity index (χ4n) is 3.72. The molecule has 3 rings (SSSR count). The van der Waals surface area contributed by atoms with Gasteiger partial charge in [-0.05, 0) is 38.3 Å². The average molecular weight is 380 g/mol. The summed E-state index contributed by atoms with van der Waals surface area (Å²) in [6, 6.07) is 4.44. The van der Waals surface area contributed by atoms with Crippen molar-refractivity contribution in [3.05, 3.63) is 35.4 Å². The highest BCUT2D eigenvalue weighted by Gasteiger charge is 2.42. The molecule has 0 bridgehead atoms. The Hall–Kier alpha value is -1.73. The first kappa shape index (κ1) is 20.0. The van der Waals surface area contributed by atoms with E-state index in [-0.39, 0.29) is 17.5 Å². The van der Waals surface area contributed by atoms with E-state index in [1.54, 1.807) is 7.11 Å². The van der Waals surface area contributed by atoms with Gasteiger partial charge in [0.05, 0.1) is 6.61 Å². The lowest BCUT2D eigenvalue weighted by molar-refractivity contribution is 0.128. The molecule has 1 saturated carbocycles. The molecular formula is C20H30F2N4O. The number of benzene rings is 1. The molecule has 0 spiro atoms. The third-order valence-corrected chi connectivity index (χ3v) is 5.34. The Morgan fingerprint density at radius 1 is 1.22 bits per heavy atom. The Kier molecular flexibility index (Phi) is 7.01. The maximum Gasteiger partial charge on any atom is 0.191 e. The van der Waals surface area contributed by atoms with Crippen LogP contribution >= 0.6 is 0 Å². The number of nitrogens with zero attached hydrogens (tertiary/aromatic N) is 2. The molecule has 2 N–H and O–H groups in total. The first-order valence-corrected chi connectivity index (χ1v) is 9.85. The molecule has 2 aliphatic rings. The van der Waals surface area contributed by atoms with E-state index in [9.17, 15) is 8.78 Å². The van der Waals surface area contributed by atoms with Crippen LogP contribution in [-0.4, -0.2) is 62.8 Å². The monoisotopic (exact) mass is 380 g/mol. The summed E-state index contributed by atoms with van der Waals surface area (Å²) in [4.78, 5) is 6.92. The first-order chi connectivity index (χ1) is 13.1. The predicted octanol–water partition coefficient (Wildman–Crippen LogP) is 2.49. The molecule has 150 valence electrons. The van der Waals surface area contributed by atoms with Crippen LogP contribution in [0.3, 0.4) is 0 Å². The SMILES string of the molecule is CCN=C(NC1CCN(CCOC)CC1)NC1CC1c1c(F)cccc1F. The molecular weight excluding hydrogens is 350 g/mol. The second-order valence-electron chi connectivity index (χ2n) is 7.30. The van der Waals surface area contributed by atoms with Crippen LogP contribution < -0.4 is 10.6 Å². The Labute approximate surface area is 160 Å². The lowest BCUT2D eigenvalue weighted by Crippen LogP contribution is -2.49. The van der Waals surface area contributed by atoms with Gasteiger partial charge in [-0.15, -0.1) is 0 Å². The maximum absolute atomic E-state index is 14.0. The van der Waals surface area contributed by atoms with Gasteiger partial charge in [0.2, 0.25) is 0 Å². The molecule has 5 nitrogen and oxygen atoms in total. The second kappa shape index (κ2) is 9.46. The van der Waals surface area contributed by atoms with E-state index in [4.69, 9.17) is 4.74 Å². The van der Waals surface area contributed by atoms with E-state index in [0.29, 0.717) is 12.6 Å². The molecule has 2 atom stereocenters. The zero-order chi connectivity index (χ0) is 19.2. The van der Waals surface area contributed by atoms with Crippen LogP contribution in [0, 0.1) is 11.6 Å². The van der Waals surface area contributed by atoms with Crippen LogP contribution in [0.15, 0.2) is 23.2 Å². The highest BCUT2D eigenvalue weighted by atomic mass is 19.1. The number of piperidine rings is 1. The quantitative estimate of drug-likeness (QED) is 0.564. The number of hydrogen-bond acceptors (Lipinski definition) is 3. The highest BCUT2D eigenvalue weighted by Crippen LogP contribution is 2.43. The number of aliphatic imine (C=N–C) groups is 1. The molecule has 1 aromatic rings. The molecule has 1 aliphatic heterocycles.